The van der Waals surface area contributed by atoms with Gasteiger partial charge in [-0.25, -0.2) is 4.98 Å². The van der Waals surface area contributed by atoms with Gasteiger partial charge in [0, 0.05) is 29.7 Å². The second-order valence-electron chi connectivity index (χ2n) is 5.41. The van der Waals surface area contributed by atoms with Gasteiger partial charge in [0.1, 0.15) is 5.65 Å². The SMILES string of the molecule is Cc1cc(C)c([N+](=O)[O-])cc1NCc1cn2cc(Cl)ccc2n1. The maximum atomic E-state index is 11.1. The van der Waals surface area contributed by atoms with Crippen LogP contribution in [0.25, 0.3) is 5.65 Å². The molecule has 0 amide bonds. The highest BCUT2D eigenvalue weighted by Gasteiger charge is 2.13. The van der Waals surface area contributed by atoms with Gasteiger partial charge in [-0.05, 0) is 37.6 Å². The lowest BCUT2D eigenvalue weighted by Crippen LogP contribution is -2.03. The van der Waals surface area contributed by atoms with E-state index in [1.165, 1.54) is 0 Å². The van der Waals surface area contributed by atoms with Crippen molar-refractivity contribution in [3.05, 3.63) is 68.6 Å². The minimum Gasteiger partial charge on any atom is -0.379 e. The molecule has 0 radical (unpaired) electrons. The summed E-state index contributed by atoms with van der Waals surface area (Å²) in [6.45, 7) is 4.13. The third-order valence-corrected chi connectivity index (χ3v) is 3.89. The number of anilines is 1. The number of imidazole rings is 1. The minimum atomic E-state index is -0.368. The predicted molar refractivity (Wildman–Crippen MR) is 90.1 cm³/mol. The van der Waals surface area contributed by atoms with E-state index < -0.39 is 0 Å². The standard InChI is InChI=1S/C16H15ClN4O2/c1-10-5-11(2)15(21(22)23)6-14(10)18-7-13-9-20-8-12(17)3-4-16(20)19-13/h3-6,8-9,18H,7H2,1-2H3. The van der Waals surface area contributed by atoms with Crippen molar-refractivity contribution in [3.8, 4) is 0 Å². The summed E-state index contributed by atoms with van der Waals surface area (Å²) in [7, 11) is 0. The van der Waals surface area contributed by atoms with Crippen LogP contribution < -0.4 is 5.32 Å². The number of aromatic nitrogens is 2. The van der Waals surface area contributed by atoms with E-state index in [1.54, 1.807) is 25.3 Å². The van der Waals surface area contributed by atoms with Crippen molar-refractivity contribution < 1.29 is 4.92 Å². The summed E-state index contributed by atoms with van der Waals surface area (Å²) in [5.74, 6) is 0. The van der Waals surface area contributed by atoms with Crippen LogP contribution in [0.15, 0.2) is 36.7 Å². The molecule has 118 valence electrons. The normalized spacial score (nSPS) is 10.9. The molecular formula is C16H15ClN4O2. The van der Waals surface area contributed by atoms with E-state index in [2.05, 4.69) is 10.3 Å². The average Bonchev–Trinajstić information content (AvgIpc) is 2.87. The molecule has 0 aliphatic carbocycles. The molecule has 2 aromatic heterocycles. The number of nitro benzene ring substituents is 1. The molecule has 1 aromatic carbocycles. The zero-order valence-electron chi connectivity index (χ0n) is 12.7. The van der Waals surface area contributed by atoms with Crippen molar-refractivity contribution >= 4 is 28.6 Å². The van der Waals surface area contributed by atoms with E-state index in [0.29, 0.717) is 17.1 Å². The smallest absolute Gasteiger partial charge is 0.274 e. The number of aryl methyl sites for hydroxylation is 2. The molecule has 3 aromatic rings. The van der Waals surface area contributed by atoms with Crippen molar-refractivity contribution in [2.75, 3.05) is 5.32 Å². The Morgan fingerprint density at radius 2 is 2.04 bits per heavy atom. The third-order valence-electron chi connectivity index (χ3n) is 3.66. The van der Waals surface area contributed by atoms with E-state index in [0.717, 1.165) is 22.6 Å². The second kappa shape index (κ2) is 5.89. The Bertz CT molecular complexity index is 904. The van der Waals surface area contributed by atoms with Crippen molar-refractivity contribution in [1.29, 1.82) is 0 Å². The predicted octanol–water partition coefficient (Wildman–Crippen LogP) is 4.12. The molecule has 3 rings (SSSR count). The van der Waals surface area contributed by atoms with Crippen molar-refractivity contribution in [2.24, 2.45) is 0 Å². The lowest BCUT2D eigenvalue weighted by molar-refractivity contribution is -0.385. The molecule has 2 heterocycles. The molecule has 0 fully saturated rings. The van der Waals surface area contributed by atoms with Crippen molar-refractivity contribution in [1.82, 2.24) is 9.38 Å². The summed E-state index contributed by atoms with van der Waals surface area (Å²) in [4.78, 5) is 15.2. The molecule has 1 N–H and O–H groups in total. The Kier molecular flexibility index (Phi) is 3.92. The van der Waals surface area contributed by atoms with E-state index >= 15 is 0 Å². The highest BCUT2D eigenvalue weighted by Crippen LogP contribution is 2.26. The first kappa shape index (κ1) is 15.3. The van der Waals surface area contributed by atoms with Crippen molar-refractivity contribution in [2.45, 2.75) is 20.4 Å². The first-order valence-corrected chi connectivity index (χ1v) is 7.44. The maximum absolute atomic E-state index is 11.1. The molecule has 0 bridgehead atoms. The molecule has 0 aliphatic rings. The fraction of sp³-hybridized carbons (Fsp3) is 0.188. The van der Waals surface area contributed by atoms with Crippen LogP contribution >= 0.6 is 11.6 Å². The van der Waals surface area contributed by atoms with E-state index in [4.69, 9.17) is 11.6 Å². The van der Waals surface area contributed by atoms with Crippen LogP contribution in [0.4, 0.5) is 11.4 Å². The second-order valence-corrected chi connectivity index (χ2v) is 5.85. The fourth-order valence-corrected chi connectivity index (χ4v) is 2.68. The zero-order valence-corrected chi connectivity index (χ0v) is 13.5. The van der Waals surface area contributed by atoms with Gasteiger partial charge in [-0.2, -0.15) is 0 Å². The molecule has 6 nitrogen and oxygen atoms in total. The number of hydrogen-bond donors (Lipinski definition) is 1. The summed E-state index contributed by atoms with van der Waals surface area (Å²) >= 11 is 5.96. The van der Waals surface area contributed by atoms with E-state index in [-0.39, 0.29) is 10.6 Å². The number of fused-ring (bicyclic) bond motifs is 1. The Hall–Kier alpha value is -2.60. The van der Waals surface area contributed by atoms with E-state index in [9.17, 15) is 10.1 Å². The summed E-state index contributed by atoms with van der Waals surface area (Å²) in [5, 5.41) is 14.9. The minimum absolute atomic E-state index is 0.111. The highest BCUT2D eigenvalue weighted by atomic mass is 35.5. The van der Waals surface area contributed by atoms with Gasteiger partial charge in [0.2, 0.25) is 0 Å². The molecule has 0 atom stereocenters. The molecule has 0 unspecified atom stereocenters. The summed E-state index contributed by atoms with van der Waals surface area (Å²) in [5.41, 5.74) is 4.09. The number of rotatable bonds is 4. The first-order chi connectivity index (χ1) is 10.9. The van der Waals surface area contributed by atoms with Gasteiger partial charge in [0.15, 0.2) is 0 Å². The molecule has 0 spiro atoms. The van der Waals surface area contributed by atoms with Gasteiger partial charge in [-0.15, -0.1) is 0 Å². The average molecular weight is 331 g/mol. The Balaban J connectivity index is 1.84. The lowest BCUT2D eigenvalue weighted by atomic mass is 10.1. The van der Waals surface area contributed by atoms with Gasteiger partial charge in [0.25, 0.3) is 5.69 Å². The third kappa shape index (κ3) is 3.12. The Morgan fingerprint density at radius 3 is 2.78 bits per heavy atom. The Labute approximate surface area is 137 Å². The summed E-state index contributed by atoms with van der Waals surface area (Å²) < 4.78 is 1.85. The number of nitro groups is 1. The van der Waals surface area contributed by atoms with Gasteiger partial charge in [-0.3, -0.25) is 10.1 Å². The number of pyridine rings is 1. The van der Waals surface area contributed by atoms with Crippen LogP contribution in [0.5, 0.6) is 0 Å². The number of nitrogens with zero attached hydrogens (tertiary/aromatic N) is 3. The molecule has 0 saturated heterocycles. The van der Waals surface area contributed by atoms with Crippen LogP contribution in [-0.2, 0) is 6.54 Å². The lowest BCUT2D eigenvalue weighted by Gasteiger charge is -2.09. The number of benzene rings is 1. The van der Waals surface area contributed by atoms with Gasteiger partial charge in [-0.1, -0.05) is 11.6 Å². The van der Waals surface area contributed by atoms with Crippen LogP contribution in [0.3, 0.4) is 0 Å². The number of nitrogens with one attached hydrogen (secondary N) is 1. The number of hydrogen-bond acceptors (Lipinski definition) is 4. The fourth-order valence-electron chi connectivity index (χ4n) is 2.52. The van der Waals surface area contributed by atoms with Crippen LogP contribution in [0, 0.1) is 24.0 Å². The summed E-state index contributed by atoms with van der Waals surface area (Å²) in [6.07, 6.45) is 3.67. The first-order valence-electron chi connectivity index (χ1n) is 7.06. The maximum Gasteiger partial charge on any atom is 0.274 e. The zero-order chi connectivity index (χ0) is 16.6. The highest BCUT2D eigenvalue weighted by molar-refractivity contribution is 6.30. The number of halogens is 1. The molecule has 0 aliphatic heterocycles. The topological polar surface area (TPSA) is 72.5 Å². The van der Waals surface area contributed by atoms with Crippen LogP contribution in [0.1, 0.15) is 16.8 Å². The molecular weight excluding hydrogens is 316 g/mol. The quantitative estimate of drug-likeness (QED) is 0.576. The van der Waals surface area contributed by atoms with E-state index in [1.807, 2.05) is 29.7 Å². The van der Waals surface area contributed by atoms with Gasteiger partial charge < -0.3 is 9.72 Å². The van der Waals surface area contributed by atoms with Crippen LogP contribution in [0.2, 0.25) is 5.02 Å². The van der Waals surface area contributed by atoms with Gasteiger partial charge >= 0.3 is 0 Å². The molecule has 23 heavy (non-hydrogen) atoms. The molecule has 0 saturated carbocycles. The van der Waals surface area contributed by atoms with Crippen LogP contribution in [-0.4, -0.2) is 14.3 Å². The Morgan fingerprint density at radius 1 is 1.26 bits per heavy atom. The largest absolute Gasteiger partial charge is 0.379 e. The molecule has 7 heteroatoms. The monoisotopic (exact) mass is 330 g/mol. The summed E-state index contributed by atoms with van der Waals surface area (Å²) in [6, 6.07) is 7.00. The van der Waals surface area contributed by atoms with Gasteiger partial charge in [0.05, 0.1) is 22.2 Å². The van der Waals surface area contributed by atoms with Crippen molar-refractivity contribution in [3.63, 3.8) is 0 Å².